The molecule has 1 aromatic rings. The van der Waals surface area contributed by atoms with E-state index in [-0.39, 0.29) is 5.91 Å². The van der Waals surface area contributed by atoms with E-state index in [0.29, 0.717) is 19.5 Å². The number of methoxy groups -OCH3 is 2. The van der Waals surface area contributed by atoms with Crippen LogP contribution in [0.2, 0.25) is 0 Å². The molecule has 0 aliphatic rings. The third-order valence-corrected chi connectivity index (χ3v) is 2.88. The Balaban J connectivity index is 2.10. The molecule has 1 aromatic carbocycles. The van der Waals surface area contributed by atoms with E-state index >= 15 is 0 Å². The molecular weight excluding hydrogens is 256 g/mol. The predicted molar refractivity (Wildman–Crippen MR) is 78.8 cm³/mol. The van der Waals surface area contributed by atoms with Crippen molar-refractivity contribution in [1.82, 2.24) is 10.6 Å². The van der Waals surface area contributed by atoms with E-state index in [4.69, 9.17) is 9.47 Å². The number of rotatable bonds is 10. The van der Waals surface area contributed by atoms with Crippen molar-refractivity contribution in [1.29, 1.82) is 0 Å². The fourth-order valence-corrected chi connectivity index (χ4v) is 1.70. The van der Waals surface area contributed by atoms with Gasteiger partial charge in [0.1, 0.15) is 5.75 Å². The van der Waals surface area contributed by atoms with Crippen LogP contribution in [-0.4, -0.2) is 39.8 Å². The smallest absolute Gasteiger partial charge is 0.221 e. The van der Waals surface area contributed by atoms with Gasteiger partial charge >= 0.3 is 0 Å². The van der Waals surface area contributed by atoms with Gasteiger partial charge in [-0.15, -0.1) is 0 Å². The molecule has 0 unspecified atom stereocenters. The van der Waals surface area contributed by atoms with E-state index in [2.05, 4.69) is 10.6 Å². The van der Waals surface area contributed by atoms with Gasteiger partial charge in [0.2, 0.25) is 5.91 Å². The third kappa shape index (κ3) is 7.11. The lowest BCUT2D eigenvalue weighted by molar-refractivity contribution is -0.121. The molecule has 0 fully saturated rings. The van der Waals surface area contributed by atoms with E-state index in [1.165, 1.54) is 0 Å². The molecule has 0 spiro atoms. The van der Waals surface area contributed by atoms with Gasteiger partial charge in [-0.2, -0.15) is 0 Å². The number of carbonyl (C=O) groups is 1. The Kier molecular flexibility index (Phi) is 8.42. The first-order chi connectivity index (χ1) is 9.76. The molecule has 0 saturated heterocycles. The Morgan fingerprint density at radius 3 is 2.55 bits per heavy atom. The molecule has 1 amide bonds. The van der Waals surface area contributed by atoms with Crippen molar-refractivity contribution in [3.63, 3.8) is 0 Å². The first-order valence-electron chi connectivity index (χ1n) is 6.85. The van der Waals surface area contributed by atoms with E-state index in [1.807, 2.05) is 24.3 Å². The largest absolute Gasteiger partial charge is 0.497 e. The van der Waals surface area contributed by atoms with E-state index < -0.39 is 0 Å². The molecule has 1 rings (SSSR count). The molecule has 2 N–H and O–H groups in total. The van der Waals surface area contributed by atoms with Crippen LogP contribution in [0.25, 0.3) is 0 Å². The average Bonchev–Trinajstić information content (AvgIpc) is 2.49. The maximum absolute atomic E-state index is 11.6. The Labute approximate surface area is 120 Å². The summed E-state index contributed by atoms with van der Waals surface area (Å²) in [4.78, 5) is 11.6. The molecule has 0 saturated carbocycles. The highest BCUT2D eigenvalue weighted by Gasteiger charge is 2.01. The summed E-state index contributed by atoms with van der Waals surface area (Å²) in [5.41, 5.74) is 1.06. The summed E-state index contributed by atoms with van der Waals surface area (Å²) >= 11 is 0. The minimum Gasteiger partial charge on any atom is -0.497 e. The van der Waals surface area contributed by atoms with Crippen molar-refractivity contribution in [2.75, 3.05) is 33.9 Å². The van der Waals surface area contributed by atoms with Crippen LogP contribution in [0.3, 0.4) is 0 Å². The summed E-state index contributed by atoms with van der Waals surface area (Å²) in [5, 5.41) is 6.10. The normalized spacial score (nSPS) is 10.3. The zero-order valence-electron chi connectivity index (χ0n) is 12.3. The average molecular weight is 280 g/mol. The first kappa shape index (κ1) is 16.5. The number of hydrogen-bond acceptors (Lipinski definition) is 4. The minimum atomic E-state index is 0.0556. The third-order valence-electron chi connectivity index (χ3n) is 2.88. The highest BCUT2D eigenvalue weighted by molar-refractivity contribution is 5.76. The number of nitrogens with one attached hydrogen (secondary N) is 2. The maximum atomic E-state index is 11.6. The van der Waals surface area contributed by atoms with Crippen molar-refractivity contribution in [3.05, 3.63) is 29.8 Å². The summed E-state index contributed by atoms with van der Waals surface area (Å²) in [6.07, 6.45) is 1.45. The van der Waals surface area contributed by atoms with Gasteiger partial charge in [-0.05, 0) is 30.7 Å². The molecule has 112 valence electrons. The fourth-order valence-electron chi connectivity index (χ4n) is 1.70. The Morgan fingerprint density at radius 2 is 1.90 bits per heavy atom. The minimum absolute atomic E-state index is 0.0556. The number of amides is 1. The molecule has 5 nitrogen and oxygen atoms in total. The lowest BCUT2D eigenvalue weighted by Gasteiger charge is -2.07. The maximum Gasteiger partial charge on any atom is 0.221 e. The molecule has 5 heteroatoms. The first-order valence-corrected chi connectivity index (χ1v) is 6.85. The van der Waals surface area contributed by atoms with Crippen LogP contribution in [0, 0.1) is 0 Å². The SMILES string of the molecule is COCCCNCCC(=O)NCc1ccc(OC)cc1. The molecule has 0 heterocycles. The van der Waals surface area contributed by atoms with Crippen molar-refractivity contribution < 1.29 is 14.3 Å². The molecule has 0 aliphatic carbocycles. The highest BCUT2D eigenvalue weighted by atomic mass is 16.5. The molecule has 0 radical (unpaired) electrons. The Hall–Kier alpha value is -1.59. The van der Waals surface area contributed by atoms with Gasteiger partial charge in [-0.1, -0.05) is 12.1 Å². The zero-order valence-corrected chi connectivity index (χ0v) is 12.3. The predicted octanol–water partition coefficient (Wildman–Crippen LogP) is 1.33. The van der Waals surface area contributed by atoms with E-state index in [1.54, 1.807) is 14.2 Å². The van der Waals surface area contributed by atoms with Gasteiger partial charge < -0.3 is 20.1 Å². The topological polar surface area (TPSA) is 59.6 Å². The second-order valence-electron chi connectivity index (χ2n) is 4.47. The molecule has 0 atom stereocenters. The zero-order chi connectivity index (χ0) is 14.6. The van der Waals surface area contributed by atoms with Crippen molar-refractivity contribution >= 4 is 5.91 Å². The van der Waals surface area contributed by atoms with Crippen LogP contribution in [0.4, 0.5) is 0 Å². The Bertz CT molecular complexity index is 379. The van der Waals surface area contributed by atoms with Crippen molar-refractivity contribution in [2.24, 2.45) is 0 Å². The van der Waals surface area contributed by atoms with Crippen LogP contribution in [0.15, 0.2) is 24.3 Å². The lowest BCUT2D eigenvalue weighted by atomic mass is 10.2. The van der Waals surface area contributed by atoms with Crippen molar-refractivity contribution in [2.45, 2.75) is 19.4 Å². The quantitative estimate of drug-likeness (QED) is 0.635. The standard InChI is InChI=1S/C15H24N2O3/c1-19-11-3-9-16-10-8-15(18)17-12-13-4-6-14(20-2)7-5-13/h4-7,16H,3,8-12H2,1-2H3,(H,17,18). The Morgan fingerprint density at radius 1 is 1.15 bits per heavy atom. The fraction of sp³-hybridized carbons (Fsp3) is 0.533. The van der Waals surface area contributed by atoms with Gasteiger partial charge in [0.15, 0.2) is 0 Å². The second-order valence-corrected chi connectivity index (χ2v) is 4.47. The highest BCUT2D eigenvalue weighted by Crippen LogP contribution is 2.10. The number of hydrogen-bond donors (Lipinski definition) is 2. The molecule has 0 aromatic heterocycles. The van der Waals surface area contributed by atoms with Crippen LogP contribution in [0.5, 0.6) is 5.75 Å². The van der Waals surface area contributed by atoms with Crippen LogP contribution in [-0.2, 0) is 16.1 Å². The van der Waals surface area contributed by atoms with Gasteiger partial charge in [-0.3, -0.25) is 4.79 Å². The number of ether oxygens (including phenoxy) is 2. The van der Waals surface area contributed by atoms with Crippen LogP contribution >= 0.6 is 0 Å². The van der Waals surface area contributed by atoms with Gasteiger partial charge in [0.25, 0.3) is 0 Å². The van der Waals surface area contributed by atoms with E-state index in [9.17, 15) is 4.79 Å². The van der Waals surface area contributed by atoms with Gasteiger partial charge in [-0.25, -0.2) is 0 Å². The monoisotopic (exact) mass is 280 g/mol. The van der Waals surface area contributed by atoms with Crippen molar-refractivity contribution in [3.8, 4) is 5.75 Å². The molecule has 0 aliphatic heterocycles. The van der Waals surface area contributed by atoms with Crippen LogP contribution < -0.4 is 15.4 Å². The van der Waals surface area contributed by atoms with E-state index in [0.717, 1.165) is 30.9 Å². The van der Waals surface area contributed by atoms with Gasteiger partial charge in [0, 0.05) is 33.2 Å². The summed E-state index contributed by atoms with van der Waals surface area (Å²) in [6.45, 7) is 2.86. The summed E-state index contributed by atoms with van der Waals surface area (Å²) in [7, 11) is 3.32. The number of carbonyl (C=O) groups excluding carboxylic acids is 1. The summed E-state index contributed by atoms with van der Waals surface area (Å²) in [6, 6.07) is 7.67. The molecule has 20 heavy (non-hydrogen) atoms. The summed E-state index contributed by atoms with van der Waals surface area (Å²) < 4.78 is 10.0. The molecule has 0 bridgehead atoms. The van der Waals surface area contributed by atoms with Crippen LogP contribution in [0.1, 0.15) is 18.4 Å². The molecular formula is C15H24N2O3. The number of benzene rings is 1. The van der Waals surface area contributed by atoms with Gasteiger partial charge in [0.05, 0.1) is 7.11 Å². The summed E-state index contributed by atoms with van der Waals surface area (Å²) in [5.74, 6) is 0.875. The second kappa shape index (κ2) is 10.2. The lowest BCUT2D eigenvalue weighted by Crippen LogP contribution is -2.28.